The SMILES string of the molecule is Cc1ncccc1C(=O)c1cccc(N2CCCN(C(=O)c3ccccc3)CC2)n1.[HH]. The Bertz CT molecular complexity index is 1060. The molecule has 6 heteroatoms. The summed E-state index contributed by atoms with van der Waals surface area (Å²) < 4.78 is 0. The maximum absolute atomic E-state index is 12.9. The fourth-order valence-corrected chi connectivity index (χ4v) is 3.70. The van der Waals surface area contributed by atoms with Gasteiger partial charge in [0.25, 0.3) is 5.91 Å². The van der Waals surface area contributed by atoms with Crippen LogP contribution in [0.1, 0.15) is 40.0 Å². The van der Waals surface area contributed by atoms with Crippen LogP contribution >= 0.6 is 0 Å². The van der Waals surface area contributed by atoms with E-state index in [0.717, 1.165) is 18.8 Å². The number of hydrogen-bond acceptors (Lipinski definition) is 5. The van der Waals surface area contributed by atoms with Crippen molar-refractivity contribution in [2.75, 3.05) is 31.1 Å². The molecule has 6 nitrogen and oxygen atoms in total. The first-order valence-electron chi connectivity index (χ1n) is 10.2. The van der Waals surface area contributed by atoms with Crippen LogP contribution in [0, 0.1) is 6.92 Å². The molecule has 1 aromatic carbocycles. The number of anilines is 1. The summed E-state index contributed by atoms with van der Waals surface area (Å²) in [6.07, 6.45) is 2.52. The molecule has 3 aromatic rings. The molecule has 1 aliphatic rings. The second kappa shape index (κ2) is 8.86. The molecule has 30 heavy (non-hydrogen) atoms. The number of benzene rings is 1. The quantitative estimate of drug-likeness (QED) is 0.624. The largest absolute Gasteiger partial charge is 0.355 e. The number of aromatic nitrogens is 2. The number of aryl methyl sites for hydroxylation is 1. The fraction of sp³-hybridized carbons (Fsp3) is 0.250. The average molecular weight is 402 g/mol. The summed E-state index contributed by atoms with van der Waals surface area (Å²) in [6.45, 7) is 4.61. The van der Waals surface area contributed by atoms with Gasteiger partial charge in [0.1, 0.15) is 11.5 Å². The molecule has 0 spiro atoms. The summed E-state index contributed by atoms with van der Waals surface area (Å²) in [5.74, 6) is 0.691. The molecule has 2 aromatic heterocycles. The third-order valence-electron chi connectivity index (χ3n) is 5.35. The van der Waals surface area contributed by atoms with Gasteiger partial charge < -0.3 is 9.80 Å². The summed E-state index contributed by atoms with van der Waals surface area (Å²) in [7, 11) is 0. The molecular weight excluding hydrogens is 376 g/mol. The Balaban J connectivity index is 0.00000272. The third kappa shape index (κ3) is 4.22. The number of nitrogens with zero attached hydrogens (tertiary/aromatic N) is 4. The van der Waals surface area contributed by atoms with Crippen molar-refractivity contribution in [2.24, 2.45) is 0 Å². The van der Waals surface area contributed by atoms with Gasteiger partial charge in [0.05, 0.1) is 0 Å². The van der Waals surface area contributed by atoms with Gasteiger partial charge in [-0.3, -0.25) is 14.6 Å². The third-order valence-corrected chi connectivity index (χ3v) is 5.35. The Hall–Kier alpha value is -3.54. The van der Waals surface area contributed by atoms with Crippen molar-refractivity contribution in [3.8, 4) is 0 Å². The Morgan fingerprint density at radius 2 is 1.73 bits per heavy atom. The molecule has 0 atom stereocenters. The number of carbonyl (C=O) groups excluding carboxylic acids is 2. The molecule has 1 saturated heterocycles. The lowest BCUT2D eigenvalue weighted by atomic mass is 10.1. The monoisotopic (exact) mass is 402 g/mol. The van der Waals surface area contributed by atoms with Gasteiger partial charge in [0.15, 0.2) is 0 Å². The Labute approximate surface area is 177 Å². The van der Waals surface area contributed by atoms with Gasteiger partial charge in [0.2, 0.25) is 5.78 Å². The smallest absolute Gasteiger partial charge is 0.253 e. The summed E-state index contributed by atoms with van der Waals surface area (Å²) in [5, 5.41) is 0. The summed E-state index contributed by atoms with van der Waals surface area (Å²) >= 11 is 0. The minimum atomic E-state index is -0.127. The molecule has 1 fully saturated rings. The summed E-state index contributed by atoms with van der Waals surface area (Å²) in [6, 6.07) is 18.4. The maximum Gasteiger partial charge on any atom is 0.253 e. The van der Waals surface area contributed by atoms with Crippen molar-refractivity contribution in [2.45, 2.75) is 13.3 Å². The highest BCUT2D eigenvalue weighted by molar-refractivity contribution is 6.08. The van der Waals surface area contributed by atoms with Gasteiger partial charge in [-0.05, 0) is 49.7 Å². The van der Waals surface area contributed by atoms with Gasteiger partial charge in [-0.15, -0.1) is 0 Å². The van der Waals surface area contributed by atoms with Crippen molar-refractivity contribution in [1.82, 2.24) is 14.9 Å². The topological polar surface area (TPSA) is 66.4 Å². The van der Waals surface area contributed by atoms with E-state index >= 15 is 0 Å². The molecule has 0 bridgehead atoms. The number of rotatable bonds is 4. The van der Waals surface area contributed by atoms with Gasteiger partial charge in [-0.25, -0.2) is 4.98 Å². The van der Waals surface area contributed by atoms with Crippen LogP contribution < -0.4 is 4.90 Å². The minimum absolute atomic E-state index is 0. The van der Waals surface area contributed by atoms with Crippen molar-refractivity contribution in [1.29, 1.82) is 0 Å². The molecule has 0 saturated carbocycles. The predicted molar refractivity (Wildman–Crippen MR) is 118 cm³/mol. The van der Waals surface area contributed by atoms with E-state index < -0.39 is 0 Å². The highest BCUT2D eigenvalue weighted by Gasteiger charge is 2.22. The highest BCUT2D eigenvalue weighted by atomic mass is 16.2. The zero-order valence-electron chi connectivity index (χ0n) is 17.0. The fourth-order valence-electron chi connectivity index (χ4n) is 3.70. The number of amides is 1. The first-order valence-corrected chi connectivity index (χ1v) is 10.2. The van der Waals surface area contributed by atoms with Crippen LogP contribution in [0.3, 0.4) is 0 Å². The van der Waals surface area contributed by atoms with Gasteiger partial charge in [0, 0.05) is 50.6 Å². The van der Waals surface area contributed by atoms with Crippen LogP contribution in [-0.2, 0) is 0 Å². The zero-order chi connectivity index (χ0) is 20.9. The standard InChI is InChI=1S/C24H24N4O2.H2/c1-18-20(10-6-13-25-18)23(29)21-11-5-12-22(26-21)27-14-7-15-28(17-16-27)24(30)19-8-3-2-4-9-19;/h2-6,8-13H,7,14-17H2,1H3;1H. The van der Waals surface area contributed by atoms with E-state index in [0.29, 0.717) is 42.1 Å². The normalized spacial score (nSPS) is 14.3. The number of ketones is 1. The van der Waals surface area contributed by atoms with Crippen LogP contribution in [0.25, 0.3) is 0 Å². The van der Waals surface area contributed by atoms with Crippen LogP contribution in [0.15, 0.2) is 66.9 Å². The molecule has 0 unspecified atom stereocenters. The first kappa shape index (κ1) is 19.8. The molecule has 1 amide bonds. The van der Waals surface area contributed by atoms with E-state index in [-0.39, 0.29) is 13.1 Å². The minimum Gasteiger partial charge on any atom is -0.355 e. The lowest BCUT2D eigenvalue weighted by Gasteiger charge is -2.23. The number of hydrogen-bond donors (Lipinski definition) is 0. The van der Waals surface area contributed by atoms with Crippen molar-refractivity contribution in [3.05, 3.63) is 89.4 Å². The Morgan fingerprint density at radius 3 is 2.53 bits per heavy atom. The zero-order valence-corrected chi connectivity index (χ0v) is 17.0. The van der Waals surface area contributed by atoms with E-state index in [1.165, 1.54) is 0 Å². The number of pyridine rings is 2. The van der Waals surface area contributed by atoms with E-state index in [1.807, 2.05) is 54.3 Å². The Morgan fingerprint density at radius 1 is 0.900 bits per heavy atom. The summed E-state index contributed by atoms with van der Waals surface area (Å²) in [5.41, 5.74) is 2.38. The lowest BCUT2D eigenvalue weighted by molar-refractivity contribution is 0.0767. The van der Waals surface area contributed by atoms with Crippen LogP contribution in [0.4, 0.5) is 5.82 Å². The van der Waals surface area contributed by atoms with Gasteiger partial charge in [-0.2, -0.15) is 0 Å². The van der Waals surface area contributed by atoms with Crippen LogP contribution in [0.2, 0.25) is 0 Å². The molecule has 0 N–H and O–H groups in total. The molecule has 0 radical (unpaired) electrons. The molecule has 1 aliphatic heterocycles. The van der Waals surface area contributed by atoms with Gasteiger partial charge in [-0.1, -0.05) is 24.3 Å². The maximum atomic E-state index is 12.9. The highest BCUT2D eigenvalue weighted by Crippen LogP contribution is 2.18. The van der Waals surface area contributed by atoms with Crippen molar-refractivity contribution >= 4 is 17.5 Å². The molecular formula is C24H26N4O2. The summed E-state index contributed by atoms with van der Waals surface area (Å²) in [4.78, 5) is 38.5. The van der Waals surface area contributed by atoms with E-state index in [4.69, 9.17) is 0 Å². The Kier molecular flexibility index (Phi) is 5.84. The van der Waals surface area contributed by atoms with Crippen molar-refractivity contribution < 1.29 is 11.0 Å². The van der Waals surface area contributed by atoms with Crippen LogP contribution in [-0.4, -0.2) is 52.7 Å². The second-order valence-corrected chi connectivity index (χ2v) is 7.35. The van der Waals surface area contributed by atoms with Gasteiger partial charge >= 0.3 is 0 Å². The van der Waals surface area contributed by atoms with E-state index in [2.05, 4.69) is 14.9 Å². The van der Waals surface area contributed by atoms with Crippen molar-refractivity contribution in [3.63, 3.8) is 0 Å². The molecule has 3 heterocycles. The molecule has 4 rings (SSSR count). The second-order valence-electron chi connectivity index (χ2n) is 7.35. The average Bonchev–Trinajstić information content (AvgIpc) is 3.05. The number of carbonyl (C=O) groups is 2. The predicted octanol–water partition coefficient (Wildman–Crippen LogP) is 3.61. The van der Waals surface area contributed by atoms with Crippen LogP contribution in [0.5, 0.6) is 0 Å². The molecule has 0 aliphatic carbocycles. The first-order chi connectivity index (χ1) is 14.6. The van der Waals surface area contributed by atoms with E-state index in [1.54, 1.807) is 24.4 Å². The lowest BCUT2D eigenvalue weighted by Crippen LogP contribution is -2.35. The van der Waals surface area contributed by atoms with E-state index in [9.17, 15) is 9.59 Å². The molecule has 154 valence electrons.